The van der Waals surface area contributed by atoms with Crippen molar-refractivity contribution in [2.45, 2.75) is 19.4 Å². The molecule has 0 saturated carbocycles. The van der Waals surface area contributed by atoms with E-state index in [0.29, 0.717) is 10.7 Å². The number of benzene rings is 2. The highest BCUT2D eigenvalue weighted by Gasteiger charge is 2.26. The van der Waals surface area contributed by atoms with E-state index in [-0.39, 0.29) is 6.03 Å². The summed E-state index contributed by atoms with van der Waals surface area (Å²) in [5.74, 6) is 0. The van der Waals surface area contributed by atoms with Crippen LogP contribution in [0.15, 0.2) is 54.6 Å². The molecule has 0 aliphatic rings. The van der Waals surface area contributed by atoms with Crippen LogP contribution in [0, 0.1) is 0 Å². The summed E-state index contributed by atoms with van der Waals surface area (Å²) in [5, 5.41) is 4.84. The standard InChI is InChI=1S/C17H19ClN2O2/c1-17(2,13-9-11-14(18)12-10-13)19-16(21)20(22-3)15-7-5-4-6-8-15/h4-12H,1-3H3,(H,19,21). The molecule has 0 heterocycles. The molecule has 0 fully saturated rings. The molecule has 2 aromatic rings. The fourth-order valence-electron chi connectivity index (χ4n) is 2.13. The third-order valence-corrected chi connectivity index (χ3v) is 3.60. The number of carbonyl (C=O) groups is 1. The van der Waals surface area contributed by atoms with Gasteiger partial charge in [0.15, 0.2) is 0 Å². The molecule has 2 aromatic carbocycles. The molecular formula is C17H19ClN2O2. The molecule has 0 aliphatic carbocycles. The largest absolute Gasteiger partial charge is 0.346 e. The van der Waals surface area contributed by atoms with Gasteiger partial charge < -0.3 is 5.32 Å². The molecule has 5 heteroatoms. The van der Waals surface area contributed by atoms with E-state index in [0.717, 1.165) is 5.56 Å². The lowest BCUT2D eigenvalue weighted by atomic mass is 9.94. The number of hydrogen-bond acceptors (Lipinski definition) is 2. The van der Waals surface area contributed by atoms with Gasteiger partial charge in [0.05, 0.1) is 18.3 Å². The van der Waals surface area contributed by atoms with Crippen molar-refractivity contribution in [3.63, 3.8) is 0 Å². The lowest BCUT2D eigenvalue weighted by molar-refractivity contribution is 0.157. The van der Waals surface area contributed by atoms with Gasteiger partial charge in [0.1, 0.15) is 0 Å². The van der Waals surface area contributed by atoms with Crippen molar-refractivity contribution >= 4 is 23.3 Å². The first-order valence-corrected chi connectivity index (χ1v) is 7.29. The Balaban J connectivity index is 2.17. The molecule has 0 aromatic heterocycles. The third kappa shape index (κ3) is 3.78. The second kappa shape index (κ2) is 6.81. The second-order valence-electron chi connectivity index (χ2n) is 5.37. The van der Waals surface area contributed by atoms with Crippen molar-refractivity contribution in [2.24, 2.45) is 0 Å². The first kappa shape index (κ1) is 16.3. The fourth-order valence-corrected chi connectivity index (χ4v) is 2.25. The summed E-state index contributed by atoms with van der Waals surface area (Å²) >= 11 is 5.90. The van der Waals surface area contributed by atoms with Gasteiger partial charge in [0.2, 0.25) is 0 Å². The summed E-state index contributed by atoms with van der Waals surface area (Å²) < 4.78 is 0. The number of rotatable bonds is 4. The van der Waals surface area contributed by atoms with E-state index in [1.165, 1.54) is 12.2 Å². The van der Waals surface area contributed by atoms with Gasteiger partial charge >= 0.3 is 6.03 Å². The first-order valence-electron chi connectivity index (χ1n) is 6.91. The van der Waals surface area contributed by atoms with Crippen LogP contribution < -0.4 is 10.4 Å². The zero-order valence-corrected chi connectivity index (χ0v) is 13.6. The van der Waals surface area contributed by atoms with Crippen LogP contribution in [0.2, 0.25) is 5.02 Å². The molecular weight excluding hydrogens is 300 g/mol. The molecule has 0 aliphatic heterocycles. The van der Waals surface area contributed by atoms with E-state index < -0.39 is 5.54 Å². The monoisotopic (exact) mass is 318 g/mol. The van der Waals surface area contributed by atoms with Gasteiger partial charge in [-0.3, -0.25) is 4.84 Å². The van der Waals surface area contributed by atoms with E-state index in [1.54, 1.807) is 24.3 Å². The van der Waals surface area contributed by atoms with Crippen LogP contribution >= 0.6 is 11.6 Å². The van der Waals surface area contributed by atoms with Gasteiger partial charge in [0.25, 0.3) is 0 Å². The zero-order valence-electron chi connectivity index (χ0n) is 12.8. The normalized spacial score (nSPS) is 11.1. The maximum absolute atomic E-state index is 12.5. The minimum atomic E-state index is -0.562. The predicted molar refractivity (Wildman–Crippen MR) is 88.9 cm³/mol. The number of amides is 2. The van der Waals surface area contributed by atoms with Crippen LogP contribution in [0.25, 0.3) is 0 Å². The zero-order chi connectivity index (χ0) is 16.2. The number of para-hydroxylation sites is 1. The molecule has 0 atom stereocenters. The van der Waals surface area contributed by atoms with Gasteiger partial charge in [-0.25, -0.2) is 4.79 Å². The Morgan fingerprint density at radius 1 is 1.09 bits per heavy atom. The molecule has 116 valence electrons. The van der Waals surface area contributed by atoms with E-state index in [2.05, 4.69) is 5.32 Å². The van der Waals surface area contributed by atoms with Crippen LogP contribution in [0.1, 0.15) is 19.4 Å². The number of hydroxylamine groups is 1. The minimum Gasteiger partial charge on any atom is -0.327 e. The predicted octanol–water partition coefficient (Wildman–Crippen LogP) is 4.35. The summed E-state index contributed by atoms with van der Waals surface area (Å²) in [6.07, 6.45) is 0. The average Bonchev–Trinajstić information content (AvgIpc) is 2.49. The molecule has 4 nitrogen and oxygen atoms in total. The number of hydrogen-bond donors (Lipinski definition) is 1. The Bertz CT molecular complexity index is 627. The highest BCUT2D eigenvalue weighted by molar-refractivity contribution is 6.30. The molecule has 0 saturated heterocycles. The van der Waals surface area contributed by atoms with Gasteiger partial charge in [-0.15, -0.1) is 0 Å². The van der Waals surface area contributed by atoms with Gasteiger partial charge in [-0.2, -0.15) is 5.06 Å². The summed E-state index contributed by atoms with van der Waals surface area (Å²) in [6.45, 7) is 3.85. The Kier molecular flexibility index (Phi) is 5.06. The Labute approximate surface area is 135 Å². The van der Waals surface area contributed by atoms with E-state index in [9.17, 15) is 4.79 Å². The van der Waals surface area contributed by atoms with Crippen LogP contribution in [0.5, 0.6) is 0 Å². The number of nitrogens with zero attached hydrogens (tertiary/aromatic N) is 1. The van der Waals surface area contributed by atoms with Gasteiger partial charge in [0, 0.05) is 5.02 Å². The lowest BCUT2D eigenvalue weighted by Crippen LogP contribution is -2.48. The number of anilines is 1. The van der Waals surface area contributed by atoms with Crippen molar-refractivity contribution in [3.8, 4) is 0 Å². The smallest absolute Gasteiger partial charge is 0.327 e. The minimum absolute atomic E-state index is 0.339. The van der Waals surface area contributed by atoms with Gasteiger partial charge in [-0.1, -0.05) is 41.9 Å². The molecule has 2 amide bonds. The van der Waals surface area contributed by atoms with Crippen LogP contribution in [0.3, 0.4) is 0 Å². The molecule has 0 unspecified atom stereocenters. The summed E-state index contributed by atoms with van der Waals surface area (Å²) in [5.41, 5.74) is 1.05. The maximum atomic E-state index is 12.5. The summed E-state index contributed by atoms with van der Waals surface area (Å²) in [4.78, 5) is 17.7. The molecule has 1 N–H and O–H groups in total. The highest BCUT2D eigenvalue weighted by Crippen LogP contribution is 2.23. The number of nitrogens with one attached hydrogen (secondary N) is 1. The van der Waals surface area contributed by atoms with Crippen molar-refractivity contribution < 1.29 is 9.63 Å². The topological polar surface area (TPSA) is 41.6 Å². The van der Waals surface area contributed by atoms with Crippen molar-refractivity contribution in [2.75, 3.05) is 12.2 Å². The molecule has 0 radical (unpaired) electrons. The molecule has 2 rings (SSSR count). The highest BCUT2D eigenvalue weighted by atomic mass is 35.5. The van der Waals surface area contributed by atoms with Crippen molar-refractivity contribution in [1.82, 2.24) is 5.32 Å². The number of halogens is 1. The fraction of sp³-hybridized carbons (Fsp3) is 0.235. The summed E-state index contributed by atoms with van der Waals surface area (Å²) in [6, 6.07) is 16.2. The van der Waals surface area contributed by atoms with Crippen molar-refractivity contribution in [3.05, 3.63) is 65.2 Å². The number of urea groups is 1. The Morgan fingerprint density at radius 2 is 1.68 bits per heavy atom. The van der Waals surface area contributed by atoms with Crippen molar-refractivity contribution in [1.29, 1.82) is 0 Å². The van der Waals surface area contributed by atoms with E-state index in [4.69, 9.17) is 16.4 Å². The summed E-state index contributed by atoms with van der Waals surface area (Å²) in [7, 11) is 1.46. The SMILES string of the molecule is CON(C(=O)NC(C)(C)c1ccc(Cl)cc1)c1ccccc1. The quantitative estimate of drug-likeness (QED) is 0.851. The first-order chi connectivity index (χ1) is 10.4. The van der Waals surface area contributed by atoms with E-state index in [1.807, 2.05) is 44.2 Å². The molecule has 22 heavy (non-hydrogen) atoms. The Hall–Kier alpha value is -2.04. The number of carbonyl (C=O) groups excluding carboxylic acids is 1. The van der Waals surface area contributed by atoms with Crippen LogP contribution in [-0.4, -0.2) is 13.1 Å². The second-order valence-corrected chi connectivity index (χ2v) is 5.81. The Morgan fingerprint density at radius 3 is 2.23 bits per heavy atom. The molecule has 0 spiro atoms. The van der Waals surface area contributed by atoms with Crippen LogP contribution in [0.4, 0.5) is 10.5 Å². The maximum Gasteiger partial charge on any atom is 0.346 e. The average molecular weight is 319 g/mol. The van der Waals surface area contributed by atoms with Crippen LogP contribution in [-0.2, 0) is 10.4 Å². The van der Waals surface area contributed by atoms with E-state index >= 15 is 0 Å². The third-order valence-electron chi connectivity index (χ3n) is 3.34. The lowest BCUT2D eigenvalue weighted by Gasteiger charge is -2.30. The van der Waals surface area contributed by atoms with Gasteiger partial charge in [-0.05, 0) is 43.7 Å². The molecule has 0 bridgehead atoms.